The second-order valence-corrected chi connectivity index (χ2v) is 2.98. The van der Waals surface area contributed by atoms with Gasteiger partial charge in [0.2, 0.25) is 0 Å². The van der Waals surface area contributed by atoms with Crippen molar-refractivity contribution in [1.82, 2.24) is 0 Å². The van der Waals surface area contributed by atoms with E-state index in [4.69, 9.17) is 26.9 Å². The van der Waals surface area contributed by atoms with Crippen LogP contribution < -0.4 is 0 Å². The monoisotopic (exact) mass is 179 g/mol. The van der Waals surface area contributed by atoms with Crippen LogP contribution in [0.3, 0.4) is 0 Å². The van der Waals surface area contributed by atoms with Crippen molar-refractivity contribution in [2.45, 2.75) is 19.4 Å². The van der Waals surface area contributed by atoms with Gasteiger partial charge in [-0.15, -0.1) is 0 Å². The first-order valence-corrected chi connectivity index (χ1v) is 3.92. The van der Waals surface area contributed by atoms with Gasteiger partial charge in [0.1, 0.15) is 5.56 Å². The van der Waals surface area contributed by atoms with Crippen molar-refractivity contribution in [3.63, 3.8) is 0 Å². The van der Waals surface area contributed by atoms with Crippen LogP contribution in [0.5, 0.6) is 0 Å². The fourth-order valence-electron chi connectivity index (χ4n) is 0.520. The molecule has 0 bridgehead atoms. The molecule has 0 saturated carbocycles. The molecule has 2 N–H and O–H groups in total. The van der Waals surface area contributed by atoms with Crippen LogP contribution >= 0.6 is 11.6 Å². The van der Waals surface area contributed by atoms with Crippen LogP contribution in [0.1, 0.15) is 13.8 Å². The van der Waals surface area contributed by atoms with E-state index < -0.39 is 11.0 Å². The zero-order valence-corrected chi connectivity index (χ0v) is 7.56. The number of hydrogen-bond acceptors (Lipinski definition) is 3. The molecule has 11 heavy (non-hydrogen) atoms. The highest BCUT2D eigenvalue weighted by Gasteiger charge is 2.30. The predicted molar refractivity (Wildman–Crippen MR) is 45.2 cm³/mol. The van der Waals surface area contributed by atoms with E-state index in [0.29, 0.717) is 6.61 Å². The van der Waals surface area contributed by atoms with Crippen LogP contribution in [0, 0.1) is 10.8 Å². The molecule has 4 heteroatoms. The number of aliphatic hydroxyl groups excluding tert-OH is 1. The Hall–Kier alpha value is -0.120. The van der Waals surface area contributed by atoms with E-state index >= 15 is 0 Å². The lowest BCUT2D eigenvalue weighted by atomic mass is 9.95. The molecule has 2 unspecified atom stereocenters. The summed E-state index contributed by atoms with van der Waals surface area (Å²) in [5.41, 5.74) is -1.40. The number of rotatable bonds is 5. The van der Waals surface area contributed by atoms with Crippen LogP contribution in [-0.2, 0) is 4.74 Å². The molecule has 3 nitrogen and oxygen atoms in total. The Morgan fingerprint density at radius 2 is 2.36 bits per heavy atom. The van der Waals surface area contributed by atoms with Crippen LogP contribution in [0.25, 0.3) is 0 Å². The molecule has 0 heterocycles. The highest BCUT2D eigenvalue weighted by Crippen LogP contribution is 2.23. The minimum atomic E-state index is -0.766. The molecule has 0 saturated heterocycles. The molecule has 0 fully saturated rings. The normalized spacial score (nSPS) is 18.9. The van der Waals surface area contributed by atoms with Gasteiger partial charge >= 0.3 is 0 Å². The summed E-state index contributed by atoms with van der Waals surface area (Å²) in [4.78, 5) is 0. The summed E-state index contributed by atoms with van der Waals surface area (Å²) < 4.78 is 5.04. The summed E-state index contributed by atoms with van der Waals surface area (Å²) in [7, 11) is 0. The minimum Gasteiger partial charge on any atom is -0.395 e. The fraction of sp³-hybridized carbons (Fsp3) is 0.857. The molecule has 0 aromatic carbocycles. The summed E-state index contributed by atoms with van der Waals surface area (Å²) in [6.07, 6.45) is 1.11. The second-order valence-electron chi connectivity index (χ2n) is 2.58. The lowest BCUT2D eigenvalue weighted by Crippen LogP contribution is -2.35. The quantitative estimate of drug-likeness (QED) is 0.493. The number of halogens is 1. The van der Waals surface area contributed by atoms with Gasteiger partial charge in [0.25, 0.3) is 0 Å². The van der Waals surface area contributed by atoms with E-state index in [-0.39, 0.29) is 6.61 Å². The Labute approximate surface area is 71.8 Å². The smallest absolute Gasteiger partial charge is 0.143 e. The maximum Gasteiger partial charge on any atom is 0.143 e. The van der Waals surface area contributed by atoms with Crippen molar-refractivity contribution >= 4 is 17.8 Å². The molecule has 0 spiro atoms. The van der Waals surface area contributed by atoms with Gasteiger partial charge in [0.05, 0.1) is 12.0 Å². The van der Waals surface area contributed by atoms with Gasteiger partial charge in [0, 0.05) is 12.8 Å². The number of hydrogen-bond donors (Lipinski definition) is 2. The molecule has 0 radical (unpaired) electrons. The topological polar surface area (TPSA) is 53.3 Å². The summed E-state index contributed by atoms with van der Waals surface area (Å²) >= 11 is 5.75. The Balaban J connectivity index is 4.11. The third-order valence-electron chi connectivity index (χ3n) is 1.50. The molecule has 0 rings (SSSR count). The molecule has 0 aliphatic rings. The maximum absolute atomic E-state index is 8.87. The van der Waals surface area contributed by atoms with Crippen molar-refractivity contribution in [2.75, 3.05) is 13.2 Å². The molecular weight excluding hydrogens is 166 g/mol. The molecular formula is C7H14ClNO2. The van der Waals surface area contributed by atoms with E-state index in [1.807, 2.05) is 6.92 Å². The fourth-order valence-corrected chi connectivity index (χ4v) is 0.778. The van der Waals surface area contributed by atoms with Crippen LogP contribution in [0.15, 0.2) is 0 Å². The Kier molecular flexibility index (Phi) is 4.65. The van der Waals surface area contributed by atoms with Gasteiger partial charge in [-0.1, -0.05) is 11.6 Å². The van der Waals surface area contributed by atoms with Gasteiger partial charge < -0.3 is 15.3 Å². The van der Waals surface area contributed by atoms with Crippen LogP contribution in [-0.4, -0.2) is 30.1 Å². The highest BCUT2D eigenvalue weighted by molar-refractivity contribution is 6.21. The molecule has 0 aliphatic heterocycles. The molecule has 0 amide bonds. The van der Waals surface area contributed by atoms with Gasteiger partial charge in [-0.3, -0.25) is 0 Å². The van der Waals surface area contributed by atoms with Crippen molar-refractivity contribution in [3.8, 4) is 0 Å². The van der Waals surface area contributed by atoms with Gasteiger partial charge in [0.15, 0.2) is 0 Å². The van der Waals surface area contributed by atoms with E-state index in [9.17, 15) is 0 Å². The number of ether oxygens (including phenoxy) is 1. The molecule has 66 valence electrons. The average molecular weight is 180 g/mol. The molecule has 0 aromatic rings. The second kappa shape index (κ2) is 4.70. The van der Waals surface area contributed by atoms with Crippen molar-refractivity contribution in [3.05, 3.63) is 0 Å². The van der Waals surface area contributed by atoms with Gasteiger partial charge in [-0.25, -0.2) is 0 Å². The zero-order valence-electron chi connectivity index (χ0n) is 6.80. The first-order valence-electron chi connectivity index (χ1n) is 3.49. The number of alkyl halides is 1. The van der Waals surface area contributed by atoms with E-state index in [2.05, 4.69) is 0 Å². The van der Waals surface area contributed by atoms with Crippen molar-refractivity contribution in [2.24, 2.45) is 5.41 Å². The van der Waals surface area contributed by atoms with E-state index in [0.717, 1.165) is 6.21 Å². The lowest BCUT2D eigenvalue weighted by molar-refractivity contribution is 0.0339. The number of aliphatic hydroxyl groups is 1. The highest BCUT2D eigenvalue weighted by atomic mass is 35.5. The van der Waals surface area contributed by atoms with Gasteiger partial charge in [-0.2, -0.15) is 0 Å². The zero-order chi connectivity index (χ0) is 8.91. The Morgan fingerprint density at radius 1 is 1.82 bits per heavy atom. The van der Waals surface area contributed by atoms with Crippen LogP contribution in [0.4, 0.5) is 0 Å². The van der Waals surface area contributed by atoms with E-state index in [1.165, 1.54) is 0 Å². The van der Waals surface area contributed by atoms with E-state index in [1.54, 1.807) is 6.92 Å². The first-order chi connectivity index (χ1) is 5.10. The van der Waals surface area contributed by atoms with Gasteiger partial charge in [-0.05, 0) is 13.8 Å². The SMILES string of the molecule is CCOC(Cl)C(C)(C=N)CO. The summed E-state index contributed by atoms with van der Waals surface area (Å²) in [5, 5.41) is 15.9. The maximum atomic E-state index is 8.87. The summed E-state index contributed by atoms with van der Waals surface area (Å²) in [6, 6.07) is 0. The lowest BCUT2D eigenvalue weighted by Gasteiger charge is -2.26. The average Bonchev–Trinajstić information content (AvgIpc) is 2.03. The minimum absolute atomic E-state index is 0.176. The number of nitrogens with one attached hydrogen (secondary N) is 1. The Bertz CT molecular complexity index is 132. The summed E-state index contributed by atoms with van der Waals surface area (Å²) in [6.45, 7) is 3.80. The van der Waals surface area contributed by atoms with Crippen molar-refractivity contribution in [1.29, 1.82) is 5.41 Å². The first kappa shape index (κ1) is 10.9. The standard InChI is InChI=1S/C7H14ClNO2/c1-3-11-6(8)7(2,4-9)5-10/h4,6,9-10H,3,5H2,1-2H3. The Morgan fingerprint density at radius 3 is 2.64 bits per heavy atom. The van der Waals surface area contributed by atoms with Crippen LogP contribution in [0.2, 0.25) is 0 Å². The molecule has 2 atom stereocenters. The third-order valence-corrected chi connectivity index (χ3v) is 2.13. The molecule has 0 aromatic heterocycles. The van der Waals surface area contributed by atoms with Crippen molar-refractivity contribution < 1.29 is 9.84 Å². The third kappa shape index (κ3) is 2.77. The predicted octanol–water partition coefficient (Wildman–Crippen LogP) is 1.24. The summed E-state index contributed by atoms with van der Waals surface area (Å²) in [5.74, 6) is 0. The molecule has 0 aliphatic carbocycles. The largest absolute Gasteiger partial charge is 0.395 e.